The Labute approximate surface area is 139 Å². The van der Waals surface area contributed by atoms with Crippen LogP contribution in [0.2, 0.25) is 0 Å². The zero-order chi connectivity index (χ0) is 16.9. The average Bonchev–Trinajstić information content (AvgIpc) is 3.03. The Hall–Kier alpha value is -3.02. The molecule has 0 saturated heterocycles. The van der Waals surface area contributed by atoms with E-state index in [4.69, 9.17) is 9.47 Å². The van der Waals surface area contributed by atoms with Gasteiger partial charge in [-0.15, -0.1) is 0 Å². The molecule has 3 rings (SSSR count). The lowest BCUT2D eigenvalue weighted by atomic mass is 10.1. The predicted octanol–water partition coefficient (Wildman–Crippen LogP) is 3.41. The van der Waals surface area contributed by atoms with Gasteiger partial charge in [0.25, 0.3) is 5.91 Å². The molecule has 6 heteroatoms. The molecule has 0 aliphatic carbocycles. The van der Waals surface area contributed by atoms with Gasteiger partial charge >= 0.3 is 0 Å². The van der Waals surface area contributed by atoms with Crippen molar-refractivity contribution in [2.75, 3.05) is 17.4 Å². The molecule has 6 nitrogen and oxygen atoms in total. The first-order valence-corrected chi connectivity index (χ1v) is 7.77. The van der Waals surface area contributed by atoms with Crippen molar-refractivity contribution in [3.8, 4) is 11.5 Å². The zero-order valence-electron chi connectivity index (χ0n) is 13.3. The van der Waals surface area contributed by atoms with Crippen LogP contribution in [0.15, 0.2) is 42.5 Å². The second-order valence-electron chi connectivity index (χ2n) is 5.37. The second kappa shape index (κ2) is 7.04. The molecule has 2 aromatic rings. The van der Waals surface area contributed by atoms with E-state index in [1.807, 2.05) is 6.92 Å². The second-order valence-corrected chi connectivity index (χ2v) is 5.37. The summed E-state index contributed by atoms with van der Waals surface area (Å²) in [6.45, 7) is 2.11. The summed E-state index contributed by atoms with van der Waals surface area (Å²) in [5, 5.41) is 5.58. The fourth-order valence-electron chi connectivity index (χ4n) is 2.40. The lowest BCUT2D eigenvalue weighted by Gasteiger charge is -2.11. The number of rotatable bonds is 5. The molecule has 0 saturated carbocycles. The number of anilines is 2. The number of hydrogen-bond acceptors (Lipinski definition) is 4. The van der Waals surface area contributed by atoms with E-state index in [0.29, 0.717) is 34.9 Å². The highest BCUT2D eigenvalue weighted by Gasteiger charge is 2.16. The van der Waals surface area contributed by atoms with Crippen LogP contribution in [0, 0.1) is 0 Å². The van der Waals surface area contributed by atoms with Gasteiger partial charge in [-0.25, -0.2) is 0 Å². The van der Waals surface area contributed by atoms with Crippen molar-refractivity contribution in [3.05, 3.63) is 48.0 Å². The lowest BCUT2D eigenvalue weighted by Crippen LogP contribution is -2.17. The van der Waals surface area contributed by atoms with Gasteiger partial charge < -0.3 is 20.1 Å². The third kappa shape index (κ3) is 3.48. The van der Waals surface area contributed by atoms with E-state index in [2.05, 4.69) is 10.6 Å². The van der Waals surface area contributed by atoms with Gasteiger partial charge in [0.15, 0.2) is 11.5 Å². The number of hydrogen-bond donors (Lipinski definition) is 2. The number of carbonyl (C=O) groups is 2. The van der Waals surface area contributed by atoms with Crippen LogP contribution in [0.1, 0.15) is 30.1 Å². The van der Waals surface area contributed by atoms with Crippen molar-refractivity contribution in [2.45, 2.75) is 19.8 Å². The molecule has 2 N–H and O–H groups in total. The highest BCUT2D eigenvalue weighted by Crippen LogP contribution is 2.34. The quantitative estimate of drug-likeness (QED) is 0.883. The smallest absolute Gasteiger partial charge is 0.257 e. The van der Waals surface area contributed by atoms with Gasteiger partial charge in [0.05, 0.1) is 11.3 Å². The van der Waals surface area contributed by atoms with Crippen molar-refractivity contribution in [3.63, 3.8) is 0 Å². The van der Waals surface area contributed by atoms with E-state index in [-0.39, 0.29) is 18.6 Å². The van der Waals surface area contributed by atoms with Crippen LogP contribution in [-0.2, 0) is 4.79 Å². The van der Waals surface area contributed by atoms with E-state index < -0.39 is 0 Å². The molecule has 0 radical (unpaired) electrons. The molecule has 0 bridgehead atoms. The van der Waals surface area contributed by atoms with Gasteiger partial charge in [0.1, 0.15) is 0 Å². The maximum atomic E-state index is 12.5. The van der Waals surface area contributed by atoms with Gasteiger partial charge in [-0.05, 0) is 30.7 Å². The largest absolute Gasteiger partial charge is 0.454 e. The summed E-state index contributed by atoms with van der Waals surface area (Å²) >= 11 is 0. The number of amides is 2. The van der Waals surface area contributed by atoms with Crippen molar-refractivity contribution in [2.24, 2.45) is 0 Å². The van der Waals surface area contributed by atoms with Crippen molar-refractivity contribution in [1.82, 2.24) is 0 Å². The average molecular weight is 326 g/mol. The molecular formula is C18H18N2O4. The van der Waals surface area contributed by atoms with Gasteiger partial charge in [-0.3, -0.25) is 9.59 Å². The fourth-order valence-corrected chi connectivity index (χ4v) is 2.40. The van der Waals surface area contributed by atoms with Crippen molar-refractivity contribution >= 4 is 23.2 Å². The summed E-state index contributed by atoms with van der Waals surface area (Å²) in [5.41, 5.74) is 1.49. The molecule has 0 unspecified atom stereocenters. The minimum Gasteiger partial charge on any atom is -0.454 e. The minimum absolute atomic E-state index is 0.110. The normalized spacial score (nSPS) is 11.9. The number of ether oxygens (including phenoxy) is 2. The highest BCUT2D eigenvalue weighted by atomic mass is 16.7. The standard InChI is InChI=1S/C18H18N2O4/c1-2-5-17(21)20-14-7-4-3-6-13(14)18(22)19-12-8-9-15-16(10-12)24-11-23-15/h3-4,6-10H,2,5,11H2,1H3,(H,19,22)(H,20,21). The maximum absolute atomic E-state index is 12.5. The Morgan fingerprint density at radius 2 is 1.83 bits per heavy atom. The van der Waals surface area contributed by atoms with Crippen LogP contribution in [0.25, 0.3) is 0 Å². The number of benzene rings is 2. The minimum atomic E-state index is -0.304. The zero-order valence-corrected chi connectivity index (χ0v) is 13.3. The lowest BCUT2D eigenvalue weighted by molar-refractivity contribution is -0.116. The summed E-state index contributed by atoms with van der Waals surface area (Å²) in [7, 11) is 0. The molecule has 24 heavy (non-hydrogen) atoms. The van der Waals surface area contributed by atoms with Crippen molar-refractivity contribution in [1.29, 1.82) is 0 Å². The molecule has 0 spiro atoms. The topological polar surface area (TPSA) is 76.7 Å². The molecule has 2 aromatic carbocycles. The Morgan fingerprint density at radius 1 is 1.04 bits per heavy atom. The van der Waals surface area contributed by atoms with E-state index in [1.165, 1.54) is 0 Å². The van der Waals surface area contributed by atoms with E-state index >= 15 is 0 Å². The van der Waals surface area contributed by atoms with Gasteiger partial charge in [-0.1, -0.05) is 19.1 Å². The predicted molar refractivity (Wildman–Crippen MR) is 90.5 cm³/mol. The molecule has 0 fully saturated rings. The molecule has 1 heterocycles. The Morgan fingerprint density at radius 3 is 2.67 bits per heavy atom. The summed E-state index contributed by atoms with van der Waals surface area (Å²) < 4.78 is 10.5. The third-order valence-electron chi connectivity index (χ3n) is 3.55. The maximum Gasteiger partial charge on any atom is 0.257 e. The van der Waals surface area contributed by atoms with Crippen LogP contribution in [0.3, 0.4) is 0 Å². The molecule has 2 amide bonds. The van der Waals surface area contributed by atoms with Gasteiger partial charge in [-0.2, -0.15) is 0 Å². The van der Waals surface area contributed by atoms with Crippen LogP contribution >= 0.6 is 0 Å². The highest BCUT2D eigenvalue weighted by molar-refractivity contribution is 6.10. The van der Waals surface area contributed by atoms with Crippen LogP contribution in [0.5, 0.6) is 11.5 Å². The molecule has 0 aromatic heterocycles. The first kappa shape index (κ1) is 15.9. The molecule has 0 atom stereocenters. The number of nitrogens with one attached hydrogen (secondary N) is 2. The number of carbonyl (C=O) groups excluding carboxylic acids is 2. The van der Waals surface area contributed by atoms with Crippen LogP contribution in [0.4, 0.5) is 11.4 Å². The molecule has 124 valence electrons. The number of para-hydroxylation sites is 1. The van der Waals surface area contributed by atoms with E-state index in [9.17, 15) is 9.59 Å². The van der Waals surface area contributed by atoms with Crippen LogP contribution in [-0.4, -0.2) is 18.6 Å². The van der Waals surface area contributed by atoms with Crippen molar-refractivity contribution < 1.29 is 19.1 Å². The molecule has 1 aliphatic heterocycles. The summed E-state index contributed by atoms with van der Waals surface area (Å²) in [6, 6.07) is 12.1. The monoisotopic (exact) mass is 326 g/mol. The first-order chi connectivity index (χ1) is 11.7. The summed E-state index contributed by atoms with van der Waals surface area (Å²) in [5.74, 6) is 0.833. The Balaban J connectivity index is 1.76. The fraction of sp³-hybridized carbons (Fsp3) is 0.222. The SMILES string of the molecule is CCCC(=O)Nc1ccccc1C(=O)Nc1ccc2c(c1)OCO2. The van der Waals surface area contributed by atoms with Gasteiger partial charge in [0, 0.05) is 18.2 Å². The summed E-state index contributed by atoms with van der Waals surface area (Å²) in [6.07, 6.45) is 1.16. The number of fused-ring (bicyclic) bond motifs is 1. The Bertz CT molecular complexity index is 773. The van der Waals surface area contributed by atoms with Gasteiger partial charge in [0.2, 0.25) is 12.7 Å². The molecular weight excluding hydrogens is 308 g/mol. The summed E-state index contributed by atoms with van der Waals surface area (Å²) in [4.78, 5) is 24.3. The van der Waals surface area contributed by atoms with E-state index in [1.54, 1.807) is 42.5 Å². The Kier molecular flexibility index (Phi) is 4.65. The first-order valence-electron chi connectivity index (χ1n) is 7.77. The molecule has 1 aliphatic rings. The third-order valence-corrected chi connectivity index (χ3v) is 3.55. The van der Waals surface area contributed by atoms with E-state index in [0.717, 1.165) is 6.42 Å². The van der Waals surface area contributed by atoms with Crippen LogP contribution < -0.4 is 20.1 Å².